The molecule has 0 aliphatic carbocycles. The van der Waals surface area contributed by atoms with Crippen molar-refractivity contribution in [1.82, 2.24) is 15.3 Å². The molecule has 0 amide bonds. The number of benzene rings is 1. The molecule has 0 spiro atoms. The maximum Gasteiger partial charge on any atom is 0.125 e. The van der Waals surface area contributed by atoms with Gasteiger partial charge in [0.15, 0.2) is 0 Å². The molecule has 4 nitrogen and oxygen atoms in total. The Kier molecular flexibility index (Phi) is 5.07. The van der Waals surface area contributed by atoms with Crippen molar-refractivity contribution in [3.05, 3.63) is 53.6 Å². The molecule has 0 fully saturated rings. The standard InChI is InChI=1S/C16H21N3O/c1-12(2)20-16-7-5-4-6-14(16)10-17-11-15-8-9-18-13(3)19-15/h4-9,12,17H,10-11H2,1-3H3. The van der Waals surface area contributed by atoms with Crippen LogP contribution in [0.3, 0.4) is 0 Å². The summed E-state index contributed by atoms with van der Waals surface area (Å²) in [4.78, 5) is 8.46. The van der Waals surface area contributed by atoms with Gasteiger partial charge < -0.3 is 10.1 Å². The Hall–Kier alpha value is -1.94. The van der Waals surface area contributed by atoms with Crippen LogP contribution >= 0.6 is 0 Å². The number of aromatic nitrogens is 2. The van der Waals surface area contributed by atoms with Gasteiger partial charge in [-0.25, -0.2) is 9.97 Å². The molecule has 0 bridgehead atoms. The predicted octanol–water partition coefficient (Wildman–Crippen LogP) is 2.86. The Morgan fingerprint density at radius 2 is 1.95 bits per heavy atom. The van der Waals surface area contributed by atoms with E-state index in [1.807, 2.05) is 45.0 Å². The van der Waals surface area contributed by atoms with Crippen LogP contribution in [-0.4, -0.2) is 16.1 Å². The quantitative estimate of drug-likeness (QED) is 0.877. The van der Waals surface area contributed by atoms with Crippen molar-refractivity contribution in [3.8, 4) is 5.75 Å². The third-order valence-corrected chi connectivity index (χ3v) is 2.79. The zero-order chi connectivity index (χ0) is 14.4. The zero-order valence-corrected chi connectivity index (χ0v) is 12.3. The average Bonchev–Trinajstić information content (AvgIpc) is 2.40. The summed E-state index contributed by atoms with van der Waals surface area (Å²) in [5, 5.41) is 3.39. The predicted molar refractivity (Wildman–Crippen MR) is 79.5 cm³/mol. The van der Waals surface area contributed by atoms with E-state index < -0.39 is 0 Å². The van der Waals surface area contributed by atoms with Crippen LogP contribution in [-0.2, 0) is 13.1 Å². The van der Waals surface area contributed by atoms with E-state index in [4.69, 9.17) is 4.74 Å². The molecular formula is C16H21N3O. The zero-order valence-electron chi connectivity index (χ0n) is 12.3. The van der Waals surface area contributed by atoms with Gasteiger partial charge in [-0.3, -0.25) is 0 Å². The fraction of sp³-hybridized carbons (Fsp3) is 0.375. The van der Waals surface area contributed by atoms with Gasteiger partial charge in [0.1, 0.15) is 11.6 Å². The minimum atomic E-state index is 0.181. The molecule has 0 saturated heterocycles. The van der Waals surface area contributed by atoms with Crippen LogP contribution in [0.15, 0.2) is 36.5 Å². The van der Waals surface area contributed by atoms with Gasteiger partial charge in [-0.05, 0) is 32.9 Å². The molecule has 0 aliphatic rings. The number of para-hydroxylation sites is 1. The molecule has 1 aromatic carbocycles. The Bertz CT molecular complexity index is 555. The van der Waals surface area contributed by atoms with E-state index in [1.165, 1.54) is 0 Å². The Morgan fingerprint density at radius 1 is 1.15 bits per heavy atom. The first-order valence-electron chi connectivity index (χ1n) is 6.89. The van der Waals surface area contributed by atoms with Crippen LogP contribution in [0.25, 0.3) is 0 Å². The summed E-state index contributed by atoms with van der Waals surface area (Å²) in [7, 11) is 0. The average molecular weight is 271 g/mol. The number of hydrogen-bond donors (Lipinski definition) is 1. The molecule has 1 heterocycles. The first kappa shape index (κ1) is 14.5. The molecule has 2 rings (SSSR count). The molecule has 0 radical (unpaired) electrons. The molecule has 0 unspecified atom stereocenters. The second-order valence-corrected chi connectivity index (χ2v) is 4.97. The first-order chi connectivity index (χ1) is 9.65. The SMILES string of the molecule is Cc1nccc(CNCc2ccccc2OC(C)C)n1. The molecule has 4 heteroatoms. The first-order valence-corrected chi connectivity index (χ1v) is 6.89. The molecule has 2 aromatic rings. The topological polar surface area (TPSA) is 47.0 Å². The maximum atomic E-state index is 5.80. The van der Waals surface area contributed by atoms with Gasteiger partial charge in [0.2, 0.25) is 0 Å². The minimum absolute atomic E-state index is 0.181. The van der Waals surface area contributed by atoms with Crippen molar-refractivity contribution in [2.45, 2.75) is 40.0 Å². The lowest BCUT2D eigenvalue weighted by Gasteiger charge is -2.14. The summed E-state index contributed by atoms with van der Waals surface area (Å²) in [6.45, 7) is 7.45. The monoisotopic (exact) mass is 271 g/mol. The van der Waals surface area contributed by atoms with E-state index >= 15 is 0 Å². The van der Waals surface area contributed by atoms with Crippen LogP contribution in [0.4, 0.5) is 0 Å². The summed E-state index contributed by atoms with van der Waals surface area (Å²) in [6, 6.07) is 10.0. The lowest BCUT2D eigenvalue weighted by atomic mass is 10.2. The Labute approximate surface area is 120 Å². The fourth-order valence-corrected chi connectivity index (χ4v) is 1.95. The van der Waals surface area contributed by atoms with E-state index in [0.717, 1.165) is 35.9 Å². The smallest absolute Gasteiger partial charge is 0.125 e. The molecule has 0 atom stereocenters. The number of ether oxygens (including phenoxy) is 1. The van der Waals surface area contributed by atoms with E-state index in [0.29, 0.717) is 0 Å². The van der Waals surface area contributed by atoms with E-state index in [2.05, 4.69) is 21.4 Å². The van der Waals surface area contributed by atoms with E-state index in [9.17, 15) is 0 Å². The molecule has 0 saturated carbocycles. The second-order valence-electron chi connectivity index (χ2n) is 4.97. The van der Waals surface area contributed by atoms with Crippen molar-refractivity contribution in [2.24, 2.45) is 0 Å². The van der Waals surface area contributed by atoms with Gasteiger partial charge in [-0.15, -0.1) is 0 Å². The van der Waals surface area contributed by atoms with Crippen molar-refractivity contribution in [1.29, 1.82) is 0 Å². The molecule has 1 aromatic heterocycles. The number of hydrogen-bond acceptors (Lipinski definition) is 4. The summed E-state index contributed by atoms with van der Waals surface area (Å²) < 4.78 is 5.80. The van der Waals surface area contributed by atoms with Crippen LogP contribution in [0.2, 0.25) is 0 Å². The Morgan fingerprint density at radius 3 is 2.70 bits per heavy atom. The summed E-state index contributed by atoms with van der Waals surface area (Å²) >= 11 is 0. The fourth-order valence-electron chi connectivity index (χ4n) is 1.95. The largest absolute Gasteiger partial charge is 0.491 e. The van der Waals surface area contributed by atoms with Gasteiger partial charge in [-0.2, -0.15) is 0 Å². The number of nitrogens with one attached hydrogen (secondary N) is 1. The van der Waals surface area contributed by atoms with Crippen molar-refractivity contribution < 1.29 is 4.74 Å². The lowest BCUT2D eigenvalue weighted by molar-refractivity contribution is 0.239. The summed E-state index contributed by atoms with van der Waals surface area (Å²) in [5.74, 6) is 1.74. The molecule has 20 heavy (non-hydrogen) atoms. The van der Waals surface area contributed by atoms with Crippen LogP contribution in [0, 0.1) is 6.92 Å². The van der Waals surface area contributed by atoms with Crippen LogP contribution < -0.4 is 10.1 Å². The highest BCUT2D eigenvalue weighted by Gasteiger charge is 2.04. The van der Waals surface area contributed by atoms with Crippen molar-refractivity contribution in [3.63, 3.8) is 0 Å². The molecular weight excluding hydrogens is 250 g/mol. The molecule has 106 valence electrons. The third kappa shape index (κ3) is 4.31. The number of aryl methyl sites for hydroxylation is 1. The van der Waals surface area contributed by atoms with Gasteiger partial charge in [0.05, 0.1) is 11.8 Å². The van der Waals surface area contributed by atoms with E-state index in [1.54, 1.807) is 6.20 Å². The normalized spacial score (nSPS) is 10.8. The van der Waals surface area contributed by atoms with Crippen LogP contribution in [0.1, 0.15) is 30.9 Å². The van der Waals surface area contributed by atoms with Gasteiger partial charge >= 0.3 is 0 Å². The molecule has 1 N–H and O–H groups in total. The summed E-state index contributed by atoms with van der Waals surface area (Å²) in [5.41, 5.74) is 2.16. The molecule has 0 aliphatic heterocycles. The summed E-state index contributed by atoms with van der Waals surface area (Å²) in [6.07, 6.45) is 1.97. The minimum Gasteiger partial charge on any atom is -0.491 e. The third-order valence-electron chi connectivity index (χ3n) is 2.79. The lowest BCUT2D eigenvalue weighted by Crippen LogP contribution is -2.16. The highest BCUT2D eigenvalue weighted by molar-refractivity contribution is 5.33. The maximum absolute atomic E-state index is 5.80. The van der Waals surface area contributed by atoms with Gasteiger partial charge in [0, 0.05) is 24.8 Å². The van der Waals surface area contributed by atoms with E-state index in [-0.39, 0.29) is 6.10 Å². The highest BCUT2D eigenvalue weighted by Crippen LogP contribution is 2.19. The number of rotatable bonds is 6. The number of nitrogens with zero attached hydrogens (tertiary/aromatic N) is 2. The van der Waals surface area contributed by atoms with Gasteiger partial charge in [0.25, 0.3) is 0 Å². The van der Waals surface area contributed by atoms with Crippen LogP contribution in [0.5, 0.6) is 5.75 Å². The van der Waals surface area contributed by atoms with Crippen molar-refractivity contribution in [2.75, 3.05) is 0 Å². The highest BCUT2D eigenvalue weighted by atomic mass is 16.5. The van der Waals surface area contributed by atoms with Crippen molar-refractivity contribution >= 4 is 0 Å². The second kappa shape index (κ2) is 7.01. The van der Waals surface area contributed by atoms with Gasteiger partial charge in [-0.1, -0.05) is 18.2 Å². The Balaban J connectivity index is 1.94.